The van der Waals surface area contributed by atoms with E-state index in [9.17, 15) is 9.59 Å². The van der Waals surface area contributed by atoms with Crippen LogP contribution in [0.5, 0.6) is 0 Å². The highest BCUT2D eigenvalue weighted by molar-refractivity contribution is 5.95. The van der Waals surface area contributed by atoms with Crippen molar-refractivity contribution < 1.29 is 9.53 Å². The number of aromatic amines is 1. The lowest BCUT2D eigenvalue weighted by molar-refractivity contribution is -0.0893. The van der Waals surface area contributed by atoms with E-state index in [0.717, 1.165) is 19.6 Å². The summed E-state index contributed by atoms with van der Waals surface area (Å²) in [4.78, 5) is 30.8. The molecule has 2 aliphatic rings. The molecule has 1 aromatic rings. The average molecular weight is 291 g/mol. The number of ether oxygens (including phenoxy) is 1. The second-order valence-corrected chi connectivity index (χ2v) is 5.86. The molecule has 0 aliphatic carbocycles. The van der Waals surface area contributed by atoms with Gasteiger partial charge in [0.2, 0.25) is 5.56 Å². The van der Waals surface area contributed by atoms with E-state index in [1.54, 1.807) is 13.0 Å². The van der Waals surface area contributed by atoms with Crippen LogP contribution in [0.3, 0.4) is 0 Å². The zero-order chi connectivity index (χ0) is 15.0. The van der Waals surface area contributed by atoms with E-state index >= 15 is 0 Å². The molecule has 2 atom stereocenters. The first kappa shape index (κ1) is 14.3. The third kappa shape index (κ3) is 2.73. The van der Waals surface area contributed by atoms with Crippen LogP contribution in [0.2, 0.25) is 0 Å². The molecule has 0 spiro atoms. The standard InChI is InChI=1S/C15H21N3O3/c1-10-11(3-4-14(19)16-10)15(20)18-6-5-13-12(9-18)17(2)7-8-21-13/h3-4,12-13H,5-9H2,1-2H3,(H,16,19). The van der Waals surface area contributed by atoms with Gasteiger partial charge in [0, 0.05) is 31.4 Å². The minimum absolute atomic E-state index is 0.0128. The maximum Gasteiger partial charge on any atom is 0.255 e. The van der Waals surface area contributed by atoms with Crippen LogP contribution in [0.4, 0.5) is 0 Å². The number of hydrogen-bond acceptors (Lipinski definition) is 4. The predicted molar refractivity (Wildman–Crippen MR) is 78.5 cm³/mol. The quantitative estimate of drug-likeness (QED) is 0.804. The van der Waals surface area contributed by atoms with Gasteiger partial charge < -0.3 is 14.6 Å². The number of piperidine rings is 1. The van der Waals surface area contributed by atoms with Crippen molar-refractivity contribution in [1.29, 1.82) is 0 Å². The Morgan fingerprint density at radius 1 is 1.38 bits per heavy atom. The van der Waals surface area contributed by atoms with E-state index in [4.69, 9.17) is 4.74 Å². The van der Waals surface area contributed by atoms with Crippen molar-refractivity contribution in [3.05, 3.63) is 33.7 Å². The van der Waals surface area contributed by atoms with Crippen LogP contribution in [0.25, 0.3) is 0 Å². The number of aryl methyl sites for hydroxylation is 1. The highest BCUT2D eigenvalue weighted by Gasteiger charge is 2.37. The van der Waals surface area contributed by atoms with Gasteiger partial charge in [-0.1, -0.05) is 0 Å². The summed E-state index contributed by atoms with van der Waals surface area (Å²) in [5.41, 5.74) is 1.03. The molecule has 114 valence electrons. The van der Waals surface area contributed by atoms with Crippen molar-refractivity contribution in [3.8, 4) is 0 Å². The molecule has 2 fully saturated rings. The maximum atomic E-state index is 12.7. The Kier molecular flexibility index (Phi) is 3.82. The Balaban J connectivity index is 1.78. The van der Waals surface area contributed by atoms with Crippen LogP contribution in [-0.4, -0.2) is 66.1 Å². The number of likely N-dealkylation sites (tertiary alicyclic amines) is 1. The molecule has 0 radical (unpaired) electrons. The average Bonchev–Trinajstić information content (AvgIpc) is 2.47. The number of hydrogen-bond donors (Lipinski definition) is 1. The van der Waals surface area contributed by atoms with Crippen molar-refractivity contribution >= 4 is 5.91 Å². The Morgan fingerprint density at radius 3 is 2.95 bits per heavy atom. The van der Waals surface area contributed by atoms with Crippen LogP contribution in [0.1, 0.15) is 22.5 Å². The molecule has 3 rings (SSSR count). The van der Waals surface area contributed by atoms with Crippen LogP contribution < -0.4 is 5.56 Å². The summed E-state index contributed by atoms with van der Waals surface area (Å²) in [6, 6.07) is 3.28. The predicted octanol–water partition coefficient (Wildman–Crippen LogP) is 0.228. The molecule has 0 aromatic carbocycles. The van der Waals surface area contributed by atoms with Crippen LogP contribution in [-0.2, 0) is 4.74 Å². The molecule has 1 N–H and O–H groups in total. The first-order valence-electron chi connectivity index (χ1n) is 7.37. The van der Waals surface area contributed by atoms with Gasteiger partial charge in [-0.15, -0.1) is 0 Å². The van der Waals surface area contributed by atoms with Crippen molar-refractivity contribution in [2.45, 2.75) is 25.5 Å². The number of morpholine rings is 1. The molecule has 21 heavy (non-hydrogen) atoms. The number of nitrogens with one attached hydrogen (secondary N) is 1. The van der Waals surface area contributed by atoms with Crippen molar-refractivity contribution in [2.24, 2.45) is 0 Å². The van der Waals surface area contributed by atoms with Gasteiger partial charge in [0.05, 0.1) is 24.3 Å². The fraction of sp³-hybridized carbons (Fsp3) is 0.600. The first-order chi connectivity index (χ1) is 10.1. The van der Waals surface area contributed by atoms with Gasteiger partial charge in [0.15, 0.2) is 0 Å². The summed E-state index contributed by atoms with van der Waals surface area (Å²) in [6.07, 6.45) is 1.09. The minimum Gasteiger partial charge on any atom is -0.375 e. The molecule has 3 heterocycles. The molecule has 1 amide bonds. The summed E-state index contributed by atoms with van der Waals surface area (Å²) < 4.78 is 5.80. The number of carbonyl (C=O) groups is 1. The molecule has 6 heteroatoms. The van der Waals surface area contributed by atoms with E-state index in [1.165, 1.54) is 6.07 Å². The number of amides is 1. The highest BCUT2D eigenvalue weighted by Crippen LogP contribution is 2.23. The number of carbonyl (C=O) groups excluding carboxylic acids is 1. The SMILES string of the molecule is Cc1[nH]c(=O)ccc1C(=O)N1CCC2OCCN(C)C2C1. The molecule has 0 saturated carbocycles. The Bertz CT molecular complexity index is 598. The van der Waals surface area contributed by atoms with E-state index in [1.807, 2.05) is 4.90 Å². The van der Waals surface area contributed by atoms with Crippen molar-refractivity contribution in [3.63, 3.8) is 0 Å². The molecule has 2 aliphatic heterocycles. The van der Waals surface area contributed by atoms with Gasteiger partial charge in [-0.3, -0.25) is 14.5 Å². The summed E-state index contributed by atoms with van der Waals surface area (Å²) in [7, 11) is 2.08. The largest absolute Gasteiger partial charge is 0.375 e. The fourth-order valence-corrected chi connectivity index (χ4v) is 3.21. The number of aromatic nitrogens is 1. The molecular formula is C15H21N3O3. The number of nitrogens with zero attached hydrogens (tertiary/aromatic N) is 2. The molecule has 2 saturated heterocycles. The zero-order valence-electron chi connectivity index (χ0n) is 12.5. The lowest BCUT2D eigenvalue weighted by Gasteiger charge is -2.45. The summed E-state index contributed by atoms with van der Waals surface area (Å²) in [5.74, 6) is -0.0128. The summed E-state index contributed by atoms with van der Waals surface area (Å²) in [6.45, 7) is 4.81. The monoisotopic (exact) mass is 291 g/mol. The molecular weight excluding hydrogens is 270 g/mol. The fourth-order valence-electron chi connectivity index (χ4n) is 3.21. The third-order valence-electron chi connectivity index (χ3n) is 4.50. The van der Waals surface area contributed by atoms with Gasteiger partial charge in [-0.2, -0.15) is 0 Å². The topological polar surface area (TPSA) is 65.6 Å². The Labute approximate surface area is 123 Å². The number of rotatable bonds is 1. The van der Waals surface area contributed by atoms with Crippen LogP contribution in [0, 0.1) is 6.92 Å². The molecule has 2 unspecified atom stereocenters. The molecule has 6 nitrogen and oxygen atoms in total. The van der Waals surface area contributed by atoms with E-state index < -0.39 is 0 Å². The van der Waals surface area contributed by atoms with Gasteiger partial charge in [0.1, 0.15) is 0 Å². The van der Waals surface area contributed by atoms with Crippen LogP contribution >= 0.6 is 0 Å². The van der Waals surface area contributed by atoms with Gasteiger partial charge in [-0.05, 0) is 26.5 Å². The number of fused-ring (bicyclic) bond motifs is 1. The third-order valence-corrected chi connectivity index (χ3v) is 4.50. The molecule has 1 aromatic heterocycles. The molecule has 0 bridgehead atoms. The second kappa shape index (κ2) is 5.61. The highest BCUT2D eigenvalue weighted by atomic mass is 16.5. The number of pyridine rings is 1. The van der Waals surface area contributed by atoms with E-state index in [0.29, 0.717) is 24.3 Å². The second-order valence-electron chi connectivity index (χ2n) is 5.86. The minimum atomic E-state index is -0.178. The Hall–Kier alpha value is -1.66. The van der Waals surface area contributed by atoms with Gasteiger partial charge in [0.25, 0.3) is 5.91 Å². The lowest BCUT2D eigenvalue weighted by atomic mass is 9.98. The first-order valence-corrected chi connectivity index (χ1v) is 7.37. The zero-order valence-corrected chi connectivity index (χ0v) is 12.5. The van der Waals surface area contributed by atoms with Gasteiger partial charge in [-0.25, -0.2) is 0 Å². The number of H-pyrrole nitrogens is 1. The number of likely N-dealkylation sites (N-methyl/N-ethyl adjacent to an activating group) is 1. The smallest absolute Gasteiger partial charge is 0.255 e. The lowest BCUT2D eigenvalue weighted by Crippen LogP contribution is -2.59. The van der Waals surface area contributed by atoms with E-state index in [2.05, 4.69) is 16.9 Å². The van der Waals surface area contributed by atoms with Crippen molar-refractivity contribution in [1.82, 2.24) is 14.8 Å². The van der Waals surface area contributed by atoms with Gasteiger partial charge >= 0.3 is 0 Å². The van der Waals surface area contributed by atoms with Crippen molar-refractivity contribution in [2.75, 3.05) is 33.3 Å². The maximum absolute atomic E-state index is 12.7. The summed E-state index contributed by atoms with van der Waals surface area (Å²) >= 11 is 0. The van der Waals surface area contributed by atoms with E-state index in [-0.39, 0.29) is 23.6 Å². The Morgan fingerprint density at radius 2 is 2.19 bits per heavy atom. The summed E-state index contributed by atoms with van der Waals surface area (Å²) in [5, 5.41) is 0. The van der Waals surface area contributed by atoms with Crippen LogP contribution in [0.15, 0.2) is 16.9 Å². The normalized spacial score (nSPS) is 26.5.